The fourth-order valence-corrected chi connectivity index (χ4v) is 6.43. The van der Waals surface area contributed by atoms with Crippen molar-refractivity contribution in [3.8, 4) is 0 Å². The smallest absolute Gasteiger partial charge is 0.264 e. The minimum Gasteiger partial charge on any atom is -0.352 e. The first-order chi connectivity index (χ1) is 19.3. The van der Waals surface area contributed by atoms with Crippen molar-refractivity contribution >= 4 is 27.5 Å². The maximum Gasteiger partial charge on any atom is 0.264 e. The third kappa shape index (κ3) is 7.47. The summed E-state index contributed by atoms with van der Waals surface area (Å²) in [6, 6.07) is 21.6. The van der Waals surface area contributed by atoms with Gasteiger partial charge in [0.2, 0.25) is 11.8 Å². The number of sulfonamides is 1. The number of hydrogen-bond donors (Lipinski definition) is 1. The van der Waals surface area contributed by atoms with Crippen molar-refractivity contribution in [3.05, 3.63) is 96.3 Å². The van der Waals surface area contributed by atoms with Crippen molar-refractivity contribution in [3.63, 3.8) is 0 Å². The summed E-state index contributed by atoms with van der Waals surface area (Å²) in [4.78, 5) is 28.7. The average molecular weight is 566 g/mol. The van der Waals surface area contributed by atoms with E-state index in [0.29, 0.717) is 6.42 Å². The molecular formula is C31H36FN3O4S. The van der Waals surface area contributed by atoms with E-state index in [9.17, 15) is 22.4 Å². The van der Waals surface area contributed by atoms with E-state index in [4.69, 9.17) is 0 Å². The van der Waals surface area contributed by atoms with E-state index in [1.807, 2.05) is 30.3 Å². The van der Waals surface area contributed by atoms with E-state index in [-0.39, 0.29) is 29.1 Å². The van der Waals surface area contributed by atoms with Crippen molar-refractivity contribution in [2.75, 3.05) is 17.4 Å². The van der Waals surface area contributed by atoms with Crippen LogP contribution in [0.4, 0.5) is 10.1 Å². The number of rotatable bonds is 11. The van der Waals surface area contributed by atoms with Crippen molar-refractivity contribution < 1.29 is 22.4 Å². The van der Waals surface area contributed by atoms with Crippen LogP contribution in [-0.2, 0) is 26.0 Å². The largest absolute Gasteiger partial charge is 0.352 e. The van der Waals surface area contributed by atoms with Gasteiger partial charge in [-0.3, -0.25) is 13.9 Å². The van der Waals surface area contributed by atoms with Gasteiger partial charge in [-0.05, 0) is 68.1 Å². The minimum absolute atomic E-state index is 0.00560. The molecule has 1 atom stereocenters. The molecule has 3 aromatic rings. The Morgan fingerprint density at radius 1 is 0.900 bits per heavy atom. The van der Waals surface area contributed by atoms with Gasteiger partial charge in [0.05, 0.1) is 10.6 Å². The fraction of sp³-hybridized carbons (Fsp3) is 0.355. The van der Waals surface area contributed by atoms with Crippen molar-refractivity contribution in [2.24, 2.45) is 0 Å². The predicted molar refractivity (Wildman–Crippen MR) is 154 cm³/mol. The predicted octanol–water partition coefficient (Wildman–Crippen LogP) is 4.93. The Hall–Kier alpha value is -3.72. The molecule has 0 spiro atoms. The molecule has 1 fully saturated rings. The quantitative estimate of drug-likeness (QED) is 0.357. The highest BCUT2D eigenvalue weighted by atomic mass is 32.2. The summed E-state index contributed by atoms with van der Waals surface area (Å²) in [6.07, 6.45) is 5.57. The van der Waals surface area contributed by atoms with E-state index in [0.717, 1.165) is 54.1 Å². The van der Waals surface area contributed by atoms with Gasteiger partial charge in [-0.1, -0.05) is 67.8 Å². The van der Waals surface area contributed by atoms with Crippen LogP contribution in [0.1, 0.15) is 44.6 Å². The topological polar surface area (TPSA) is 86.8 Å². The number of amides is 2. The molecule has 1 aliphatic rings. The number of benzene rings is 3. The maximum atomic E-state index is 13.9. The molecule has 1 unspecified atom stereocenters. The molecule has 0 saturated heterocycles. The Morgan fingerprint density at radius 2 is 1.50 bits per heavy atom. The molecule has 7 nitrogen and oxygen atoms in total. The Bertz CT molecular complexity index is 1360. The summed E-state index contributed by atoms with van der Waals surface area (Å²) in [6.45, 7) is 1.36. The molecule has 212 valence electrons. The van der Waals surface area contributed by atoms with Crippen LogP contribution in [0.2, 0.25) is 0 Å². The molecule has 1 aliphatic carbocycles. The summed E-state index contributed by atoms with van der Waals surface area (Å²) in [7, 11) is -4.17. The zero-order valence-electron chi connectivity index (χ0n) is 22.7. The summed E-state index contributed by atoms with van der Waals surface area (Å²) >= 11 is 0. The van der Waals surface area contributed by atoms with Crippen molar-refractivity contribution in [1.29, 1.82) is 0 Å². The van der Waals surface area contributed by atoms with Crippen LogP contribution in [0.15, 0.2) is 89.8 Å². The van der Waals surface area contributed by atoms with Gasteiger partial charge in [0, 0.05) is 12.6 Å². The van der Waals surface area contributed by atoms with Crippen LogP contribution in [-0.4, -0.2) is 50.3 Å². The van der Waals surface area contributed by atoms with Crippen LogP contribution in [0.5, 0.6) is 0 Å². The average Bonchev–Trinajstić information content (AvgIpc) is 2.98. The van der Waals surface area contributed by atoms with Gasteiger partial charge in [0.1, 0.15) is 18.4 Å². The van der Waals surface area contributed by atoms with Crippen molar-refractivity contribution in [1.82, 2.24) is 10.2 Å². The third-order valence-electron chi connectivity index (χ3n) is 7.33. The van der Waals surface area contributed by atoms with Crippen LogP contribution < -0.4 is 9.62 Å². The van der Waals surface area contributed by atoms with E-state index in [2.05, 4.69) is 5.32 Å². The van der Waals surface area contributed by atoms with E-state index >= 15 is 0 Å². The highest BCUT2D eigenvalue weighted by molar-refractivity contribution is 7.92. The minimum atomic E-state index is -4.17. The number of carbonyl (C=O) groups is 2. The van der Waals surface area contributed by atoms with E-state index in [1.54, 1.807) is 25.1 Å². The number of anilines is 1. The van der Waals surface area contributed by atoms with Gasteiger partial charge in [0.15, 0.2) is 0 Å². The normalized spacial score (nSPS) is 14.8. The lowest BCUT2D eigenvalue weighted by Gasteiger charge is -2.33. The summed E-state index contributed by atoms with van der Waals surface area (Å²) in [5.74, 6) is -1.30. The van der Waals surface area contributed by atoms with Gasteiger partial charge in [-0.15, -0.1) is 0 Å². The zero-order valence-corrected chi connectivity index (χ0v) is 23.5. The maximum absolute atomic E-state index is 13.9. The van der Waals surface area contributed by atoms with Crippen LogP contribution in [0.3, 0.4) is 0 Å². The molecule has 0 aromatic heterocycles. The first-order valence-corrected chi connectivity index (χ1v) is 15.2. The molecule has 0 radical (unpaired) electrons. The van der Waals surface area contributed by atoms with Gasteiger partial charge < -0.3 is 10.2 Å². The van der Waals surface area contributed by atoms with Crippen LogP contribution in [0.25, 0.3) is 0 Å². The lowest BCUT2D eigenvalue weighted by molar-refractivity contribution is -0.139. The monoisotopic (exact) mass is 565 g/mol. The highest BCUT2D eigenvalue weighted by Gasteiger charge is 2.33. The fourth-order valence-electron chi connectivity index (χ4n) is 4.99. The highest BCUT2D eigenvalue weighted by Crippen LogP contribution is 2.25. The first kappa shape index (κ1) is 29.3. The second-order valence-corrected chi connectivity index (χ2v) is 12.0. The lowest BCUT2D eigenvalue weighted by atomic mass is 9.95. The molecule has 2 amide bonds. The number of halogens is 1. The molecule has 4 rings (SSSR count). The molecule has 1 saturated carbocycles. The number of hydrogen-bond acceptors (Lipinski definition) is 4. The first-order valence-electron chi connectivity index (χ1n) is 13.7. The number of nitrogens with one attached hydrogen (secondary N) is 1. The van der Waals surface area contributed by atoms with Gasteiger partial charge in [-0.2, -0.15) is 0 Å². The van der Waals surface area contributed by atoms with Crippen molar-refractivity contribution in [2.45, 2.75) is 62.4 Å². The van der Waals surface area contributed by atoms with Crippen LogP contribution >= 0.6 is 0 Å². The summed E-state index contributed by atoms with van der Waals surface area (Å²) in [5.41, 5.74) is 1.15. The SMILES string of the molecule is CC(C(=O)NC1CCCCC1)N(CCc1ccccc1)C(=O)CN(c1ccc(F)cc1)S(=O)(=O)c1ccccc1. The lowest BCUT2D eigenvalue weighted by Crippen LogP contribution is -2.53. The number of carbonyl (C=O) groups excluding carboxylic acids is 2. The van der Waals surface area contributed by atoms with Gasteiger partial charge >= 0.3 is 0 Å². The van der Waals surface area contributed by atoms with Crippen LogP contribution in [0, 0.1) is 5.82 Å². The summed E-state index contributed by atoms with van der Waals surface area (Å²) in [5, 5.41) is 3.09. The molecular weight excluding hydrogens is 529 g/mol. The van der Waals surface area contributed by atoms with Gasteiger partial charge in [0.25, 0.3) is 10.0 Å². The Kier molecular flexibility index (Phi) is 9.93. The molecule has 40 heavy (non-hydrogen) atoms. The third-order valence-corrected chi connectivity index (χ3v) is 9.12. The summed E-state index contributed by atoms with van der Waals surface area (Å²) < 4.78 is 42.1. The van der Waals surface area contributed by atoms with E-state index in [1.165, 1.54) is 29.2 Å². The Labute approximate surface area is 236 Å². The Balaban J connectivity index is 1.62. The molecule has 0 heterocycles. The van der Waals surface area contributed by atoms with E-state index < -0.39 is 34.3 Å². The second kappa shape index (κ2) is 13.6. The zero-order chi connectivity index (χ0) is 28.5. The second-order valence-electron chi connectivity index (χ2n) is 10.1. The molecule has 3 aromatic carbocycles. The molecule has 1 N–H and O–H groups in total. The standard InChI is InChI=1S/C31H36FN3O4S/c1-24(31(37)33-27-13-7-3-8-14-27)34(22-21-25-11-5-2-6-12-25)30(36)23-35(28-19-17-26(32)18-20-28)40(38,39)29-15-9-4-10-16-29/h2,4-6,9-12,15-20,24,27H,3,7-8,13-14,21-23H2,1H3,(H,33,37). The Morgan fingerprint density at radius 3 is 2.12 bits per heavy atom. The van der Waals surface area contributed by atoms with Gasteiger partial charge in [-0.25, -0.2) is 12.8 Å². The molecule has 0 aliphatic heterocycles. The molecule has 0 bridgehead atoms. The number of nitrogens with zero attached hydrogens (tertiary/aromatic N) is 2. The molecule has 9 heteroatoms.